The van der Waals surface area contributed by atoms with Crippen LogP contribution in [0.4, 0.5) is 11.4 Å². The predicted molar refractivity (Wildman–Crippen MR) is 84.7 cm³/mol. The number of sulfonamides is 1. The van der Waals surface area contributed by atoms with Gasteiger partial charge in [0.2, 0.25) is 0 Å². The summed E-state index contributed by atoms with van der Waals surface area (Å²) in [7, 11) is -3.98. The minimum atomic E-state index is -3.98. The molecule has 0 spiro atoms. The molecule has 0 atom stereocenters. The van der Waals surface area contributed by atoms with Crippen LogP contribution in [0.1, 0.15) is 0 Å². The molecule has 0 aliphatic carbocycles. The van der Waals surface area contributed by atoms with E-state index >= 15 is 0 Å². The van der Waals surface area contributed by atoms with Gasteiger partial charge in [-0.3, -0.25) is 14.8 Å². The molecule has 0 aliphatic heterocycles. The molecule has 0 unspecified atom stereocenters. The van der Waals surface area contributed by atoms with Gasteiger partial charge in [-0.05, 0) is 46.9 Å². The van der Waals surface area contributed by atoms with Crippen LogP contribution in [0.3, 0.4) is 0 Å². The second-order valence-electron chi connectivity index (χ2n) is 3.99. The lowest BCUT2D eigenvalue weighted by Gasteiger charge is -2.09. The first-order valence-electron chi connectivity index (χ1n) is 5.56. The van der Waals surface area contributed by atoms with Crippen LogP contribution in [-0.4, -0.2) is 18.4 Å². The number of benzene rings is 2. The third-order valence-corrected chi connectivity index (χ3v) is 4.88. The summed E-state index contributed by atoms with van der Waals surface area (Å²) in [4.78, 5) is 9.60. The van der Waals surface area contributed by atoms with Gasteiger partial charge in [0, 0.05) is 9.64 Å². The summed E-state index contributed by atoms with van der Waals surface area (Å²) < 4.78 is 27.5. The van der Waals surface area contributed by atoms with Gasteiger partial charge in [0.15, 0.2) is 5.75 Å². The Morgan fingerprint density at radius 3 is 2.48 bits per heavy atom. The number of halogens is 1. The Morgan fingerprint density at radius 2 is 1.86 bits per heavy atom. The number of para-hydroxylation sites is 1. The van der Waals surface area contributed by atoms with Gasteiger partial charge in [-0.2, -0.15) is 0 Å². The maximum absolute atomic E-state index is 12.2. The highest BCUT2D eigenvalue weighted by Crippen LogP contribution is 2.29. The van der Waals surface area contributed by atoms with Crippen molar-refractivity contribution in [2.45, 2.75) is 4.90 Å². The van der Waals surface area contributed by atoms with E-state index in [0.717, 1.165) is 18.2 Å². The molecular weight excluding hydrogens is 411 g/mol. The molecule has 0 saturated heterocycles. The number of phenols is 1. The summed E-state index contributed by atoms with van der Waals surface area (Å²) in [5, 5.41) is 20.1. The Balaban J connectivity index is 2.43. The molecule has 0 radical (unpaired) electrons. The van der Waals surface area contributed by atoms with E-state index in [2.05, 4.69) is 4.72 Å². The van der Waals surface area contributed by atoms with E-state index in [-0.39, 0.29) is 4.90 Å². The van der Waals surface area contributed by atoms with Crippen molar-refractivity contribution in [2.24, 2.45) is 0 Å². The van der Waals surface area contributed by atoms with Crippen LogP contribution in [0.15, 0.2) is 47.4 Å². The molecule has 2 aromatic rings. The van der Waals surface area contributed by atoms with Crippen molar-refractivity contribution in [3.8, 4) is 5.75 Å². The fraction of sp³-hybridized carbons (Fsp3) is 0. The highest BCUT2D eigenvalue weighted by molar-refractivity contribution is 14.1. The van der Waals surface area contributed by atoms with Crippen LogP contribution in [0.5, 0.6) is 5.75 Å². The highest BCUT2D eigenvalue weighted by Gasteiger charge is 2.21. The summed E-state index contributed by atoms with van der Waals surface area (Å²) in [5.41, 5.74) is -0.297. The standard InChI is InChI=1S/C12H9IN2O5S/c13-9-3-1-2-4-10(9)14-21(19,20)8-5-6-12(16)11(7-8)15(17)18/h1-7,14,16H. The van der Waals surface area contributed by atoms with Gasteiger partial charge in [0.05, 0.1) is 15.5 Å². The summed E-state index contributed by atoms with van der Waals surface area (Å²) in [5.74, 6) is -0.590. The lowest BCUT2D eigenvalue weighted by Crippen LogP contribution is -2.14. The molecule has 0 aromatic heterocycles. The molecule has 0 saturated carbocycles. The molecule has 2 N–H and O–H groups in total. The monoisotopic (exact) mass is 420 g/mol. The number of nitrogens with zero attached hydrogens (tertiary/aromatic N) is 1. The fourth-order valence-corrected chi connectivity index (χ4v) is 3.37. The number of anilines is 1. The van der Waals surface area contributed by atoms with Crippen molar-refractivity contribution in [3.63, 3.8) is 0 Å². The minimum absolute atomic E-state index is 0.299. The van der Waals surface area contributed by atoms with Crippen molar-refractivity contribution >= 4 is 44.0 Å². The number of hydrogen-bond donors (Lipinski definition) is 2. The molecule has 0 heterocycles. The SMILES string of the molecule is O=[N+]([O-])c1cc(S(=O)(=O)Nc2ccccc2I)ccc1O. The predicted octanol–water partition coefficient (Wildman–Crippen LogP) is 2.71. The third-order valence-electron chi connectivity index (χ3n) is 2.57. The van der Waals surface area contributed by atoms with E-state index in [4.69, 9.17) is 0 Å². The molecule has 110 valence electrons. The molecule has 0 bridgehead atoms. The molecular formula is C12H9IN2O5S. The minimum Gasteiger partial charge on any atom is -0.502 e. The Kier molecular flexibility index (Phi) is 4.32. The zero-order valence-corrected chi connectivity index (χ0v) is 13.3. The molecule has 21 heavy (non-hydrogen) atoms. The van der Waals surface area contributed by atoms with E-state index in [1.165, 1.54) is 0 Å². The maximum atomic E-state index is 12.2. The van der Waals surface area contributed by atoms with Crippen LogP contribution in [0, 0.1) is 13.7 Å². The molecule has 9 heteroatoms. The molecule has 0 amide bonds. The van der Waals surface area contributed by atoms with Crippen molar-refractivity contribution in [3.05, 3.63) is 56.1 Å². The summed E-state index contributed by atoms with van der Waals surface area (Å²) >= 11 is 1.97. The van der Waals surface area contributed by atoms with Gasteiger partial charge in [-0.1, -0.05) is 12.1 Å². The number of aromatic hydroxyl groups is 1. The largest absolute Gasteiger partial charge is 0.502 e. The molecule has 0 aliphatic rings. The topological polar surface area (TPSA) is 110 Å². The van der Waals surface area contributed by atoms with E-state index in [1.54, 1.807) is 24.3 Å². The number of nitro benzene ring substituents is 1. The quantitative estimate of drug-likeness (QED) is 0.449. The molecule has 2 rings (SSSR count). The van der Waals surface area contributed by atoms with Crippen LogP contribution < -0.4 is 4.72 Å². The van der Waals surface area contributed by atoms with Crippen LogP contribution in [0.25, 0.3) is 0 Å². The normalized spacial score (nSPS) is 11.1. The lowest BCUT2D eigenvalue weighted by atomic mass is 10.3. The van der Waals surface area contributed by atoms with E-state index in [0.29, 0.717) is 9.26 Å². The van der Waals surface area contributed by atoms with Gasteiger partial charge >= 0.3 is 5.69 Å². The van der Waals surface area contributed by atoms with Gasteiger partial charge in [-0.25, -0.2) is 8.42 Å². The maximum Gasteiger partial charge on any atom is 0.312 e. The van der Waals surface area contributed by atoms with Gasteiger partial charge in [-0.15, -0.1) is 0 Å². The van der Waals surface area contributed by atoms with Crippen molar-refractivity contribution in [1.29, 1.82) is 0 Å². The first-order valence-corrected chi connectivity index (χ1v) is 8.12. The first-order chi connectivity index (χ1) is 9.81. The number of nitro groups is 1. The second kappa shape index (κ2) is 5.85. The second-order valence-corrected chi connectivity index (χ2v) is 6.84. The number of nitrogens with one attached hydrogen (secondary N) is 1. The Hall–Kier alpha value is -1.88. The van der Waals surface area contributed by atoms with Crippen molar-refractivity contribution in [2.75, 3.05) is 4.72 Å². The summed E-state index contributed by atoms with van der Waals surface area (Å²) in [6.45, 7) is 0. The van der Waals surface area contributed by atoms with Crippen molar-refractivity contribution < 1.29 is 18.4 Å². The van der Waals surface area contributed by atoms with Crippen LogP contribution in [-0.2, 0) is 10.0 Å². The fourth-order valence-electron chi connectivity index (χ4n) is 1.56. The zero-order valence-electron chi connectivity index (χ0n) is 10.4. The lowest BCUT2D eigenvalue weighted by molar-refractivity contribution is -0.386. The zero-order chi connectivity index (χ0) is 15.6. The van der Waals surface area contributed by atoms with Crippen LogP contribution in [0.2, 0.25) is 0 Å². The smallest absolute Gasteiger partial charge is 0.312 e. The van der Waals surface area contributed by atoms with E-state index in [9.17, 15) is 23.6 Å². The van der Waals surface area contributed by atoms with Gasteiger partial charge in [0.25, 0.3) is 10.0 Å². The average Bonchev–Trinajstić information content (AvgIpc) is 2.41. The third kappa shape index (κ3) is 3.42. The van der Waals surface area contributed by atoms with Gasteiger partial charge < -0.3 is 5.11 Å². The van der Waals surface area contributed by atoms with Crippen LogP contribution >= 0.6 is 22.6 Å². The van der Waals surface area contributed by atoms with Crippen molar-refractivity contribution in [1.82, 2.24) is 0 Å². The average molecular weight is 420 g/mol. The number of rotatable bonds is 4. The van der Waals surface area contributed by atoms with E-state index in [1.807, 2.05) is 22.6 Å². The first kappa shape index (κ1) is 15.5. The Labute approximate surface area is 134 Å². The van der Waals surface area contributed by atoms with E-state index < -0.39 is 26.4 Å². The molecule has 0 fully saturated rings. The number of hydrogen-bond acceptors (Lipinski definition) is 5. The number of phenolic OH excluding ortho intramolecular Hbond substituents is 1. The Morgan fingerprint density at radius 1 is 1.19 bits per heavy atom. The molecule has 2 aromatic carbocycles. The highest BCUT2D eigenvalue weighted by atomic mass is 127. The summed E-state index contributed by atoms with van der Waals surface area (Å²) in [6, 6.07) is 9.60. The Bertz CT molecular complexity index is 807. The summed E-state index contributed by atoms with van der Waals surface area (Å²) in [6.07, 6.45) is 0. The molecule has 7 nitrogen and oxygen atoms in total. The van der Waals surface area contributed by atoms with Gasteiger partial charge in [0.1, 0.15) is 0 Å².